The van der Waals surface area contributed by atoms with Crippen LogP contribution in [0.2, 0.25) is 10.0 Å². The fourth-order valence-electron chi connectivity index (χ4n) is 5.23. The predicted molar refractivity (Wildman–Crippen MR) is 129 cm³/mol. The summed E-state index contributed by atoms with van der Waals surface area (Å²) < 4.78 is 5.12. The zero-order valence-electron chi connectivity index (χ0n) is 19.0. The first-order valence-corrected chi connectivity index (χ1v) is 11.5. The van der Waals surface area contributed by atoms with Gasteiger partial charge in [0, 0.05) is 16.9 Å². The smallest absolute Gasteiger partial charge is 0.365 e. The maximum absolute atomic E-state index is 13.6. The molecule has 6 nitrogen and oxygen atoms in total. The number of carbonyl (C=O) groups is 2. The van der Waals surface area contributed by atoms with Crippen LogP contribution in [0.25, 0.3) is 0 Å². The number of fused-ring (bicyclic) bond motifs is 2. The van der Waals surface area contributed by atoms with Gasteiger partial charge in [-0.3, -0.25) is 4.79 Å². The third-order valence-electron chi connectivity index (χ3n) is 7.91. The van der Waals surface area contributed by atoms with Crippen LogP contribution in [0.5, 0.6) is 5.75 Å². The Morgan fingerprint density at radius 1 is 1.03 bits per heavy atom. The number of hydrogen-bond acceptors (Lipinski definition) is 5. The van der Waals surface area contributed by atoms with Crippen LogP contribution in [0.1, 0.15) is 50.4 Å². The summed E-state index contributed by atoms with van der Waals surface area (Å²) in [4.78, 5) is 31.4. The Hall–Kier alpha value is -2.57. The molecule has 2 aliphatic carbocycles. The predicted octanol–water partition coefficient (Wildman–Crippen LogP) is 6.37. The SMILES string of the molecule is COc1ccc(C(=O)ON=C2CC3(C(=O)Nc4cc(Cl)ccc4Cl)CCC2(C)C3(C)C)cc1. The number of anilines is 1. The van der Waals surface area contributed by atoms with Gasteiger partial charge in [0.2, 0.25) is 5.91 Å². The van der Waals surface area contributed by atoms with Gasteiger partial charge in [-0.25, -0.2) is 4.79 Å². The molecular weight excluding hydrogens is 463 g/mol. The first-order chi connectivity index (χ1) is 15.5. The van der Waals surface area contributed by atoms with Gasteiger partial charge >= 0.3 is 5.97 Å². The van der Waals surface area contributed by atoms with E-state index in [1.165, 1.54) is 0 Å². The molecule has 33 heavy (non-hydrogen) atoms. The van der Waals surface area contributed by atoms with Crippen molar-refractivity contribution < 1.29 is 19.2 Å². The van der Waals surface area contributed by atoms with Crippen LogP contribution in [0.15, 0.2) is 47.6 Å². The Morgan fingerprint density at radius 3 is 2.39 bits per heavy atom. The largest absolute Gasteiger partial charge is 0.497 e. The van der Waals surface area contributed by atoms with Gasteiger partial charge in [0.1, 0.15) is 5.75 Å². The number of halogens is 2. The molecule has 2 unspecified atom stereocenters. The van der Waals surface area contributed by atoms with Crippen LogP contribution in [0.4, 0.5) is 5.69 Å². The minimum Gasteiger partial charge on any atom is -0.497 e. The van der Waals surface area contributed by atoms with Crippen molar-refractivity contribution in [2.45, 2.75) is 40.0 Å². The molecule has 2 aromatic rings. The summed E-state index contributed by atoms with van der Waals surface area (Å²) >= 11 is 12.4. The highest BCUT2D eigenvalue weighted by atomic mass is 35.5. The maximum atomic E-state index is 13.6. The molecule has 0 spiro atoms. The van der Waals surface area contributed by atoms with E-state index in [0.717, 1.165) is 6.42 Å². The molecule has 2 aromatic carbocycles. The quantitative estimate of drug-likeness (QED) is 0.391. The second-order valence-corrected chi connectivity index (χ2v) is 10.3. The van der Waals surface area contributed by atoms with Gasteiger partial charge in [0.25, 0.3) is 0 Å². The average Bonchev–Trinajstić information content (AvgIpc) is 3.10. The van der Waals surface area contributed by atoms with E-state index in [1.54, 1.807) is 49.6 Å². The molecule has 1 amide bonds. The van der Waals surface area contributed by atoms with Crippen molar-refractivity contribution >= 4 is 46.5 Å². The van der Waals surface area contributed by atoms with Crippen molar-refractivity contribution in [2.75, 3.05) is 12.4 Å². The maximum Gasteiger partial charge on any atom is 0.365 e. The molecule has 8 heteroatoms. The summed E-state index contributed by atoms with van der Waals surface area (Å²) in [5.74, 6) is -0.0430. The molecule has 2 aliphatic rings. The molecule has 2 atom stereocenters. The van der Waals surface area contributed by atoms with Crippen molar-refractivity contribution in [1.29, 1.82) is 0 Å². The highest BCUT2D eigenvalue weighted by Crippen LogP contribution is 2.71. The van der Waals surface area contributed by atoms with Crippen LogP contribution >= 0.6 is 23.2 Å². The van der Waals surface area contributed by atoms with E-state index in [1.807, 2.05) is 0 Å². The van der Waals surface area contributed by atoms with E-state index < -0.39 is 16.8 Å². The summed E-state index contributed by atoms with van der Waals surface area (Å²) in [7, 11) is 1.56. The van der Waals surface area contributed by atoms with Crippen molar-refractivity contribution in [3.63, 3.8) is 0 Å². The molecule has 0 aliphatic heterocycles. The van der Waals surface area contributed by atoms with Crippen molar-refractivity contribution in [2.24, 2.45) is 21.4 Å². The normalized spacial score (nSPS) is 26.3. The first kappa shape index (κ1) is 23.6. The minimum atomic E-state index is -0.710. The third-order valence-corrected chi connectivity index (χ3v) is 8.47. The van der Waals surface area contributed by atoms with Gasteiger partial charge < -0.3 is 14.9 Å². The van der Waals surface area contributed by atoms with E-state index in [0.29, 0.717) is 45.6 Å². The molecule has 4 rings (SSSR count). The molecule has 2 bridgehead atoms. The van der Waals surface area contributed by atoms with E-state index in [2.05, 4.69) is 31.2 Å². The van der Waals surface area contributed by atoms with Gasteiger partial charge in [0.15, 0.2) is 0 Å². The monoisotopic (exact) mass is 488 g/mol. The fraction of sp³-hybridized carbons (Fsp3) is 0.400. The number of carbonyl (C=O) groups excluding carboxylic acids is 2. The molecule has 1 N–H and O–H groups in total. The van der Waals surface area contributed by atoms with Crippen LogP contribution in [0, 0.1) is 16.2 Å². The fourth-order valence-corrected chi connectivity index (χ4v) is 5.57. The lowest BCUT2D eigenvalue weighted by molar-refractivity contribution is -0.130. The molecule has 0 saturated heterocycles. The zero-order chi connectivity index (χ0) is 24.0. The highest BCUT2D eigenvalue weighted by Gasteiger charge is 2.71. The van der Waals surface area contributed by atoms with Gasteiger partial charge in [-0.05, 0) is 60.7 Å². The van der Waals surface area contributed by atoms with Gasteiger partial charge in [-0.1, -0.05) is 49.1 Å². The lowest BCUT2D eigenvalue weighted by atomic mass is 9.64. The van der Waals surface area contributed by atoms with E-state index in [4.69, 9.17) is 32.8 Å². The Kier molecular flexibility index (Phi) is 5.95. The number of nitrogens with zero attached hydrogens (tertiary/aromatic N) is 1. The number of ether oxygens (including phenoxy) is 1. The number of amides is 1. The summed E-state index contributed by atoms with van der Waals surface area (Å²) in [6, 6.07) is 11.6. The van der Waals surface area contributed by atoms with Crippen LogP contribution in [0.3, 0.4) is 0 Å². The molecule has 0 heterocycles. The number of methoxy groups -OCH3 is 1. The first-order valence-electron chi connectivity index (χ1n) is 10.7. The van der Waals surface area contributed by atoms with Crippen LogP contribution in [-0.2, 0) is 9.63 Å². The Balaban J connectivity index is 1.58. The topological polar surface area (TPSA) is 77.0 Å². The number of rotatable bonds is 5. The van der Waals surface area contributed by atoms with Gasteiger partial charge in [-0.2, -0.15) is 0 Å². The molecule has 2 saturated carbocycles. The number of nitrogens with one attached hydrogen (secondary N) is 1. The molecule has 2 fully saturated rings. The lowest BCUT2D eigenvalue weighted by Gasteiger charge is -2.39. The van der Waals surface area contributed by atoms with E-state index in [9.17, 15) is 9.59 Å². The third kappa shape index (κ3) is 3.69. The van der Waals surface area contributed by atoms with Crippen LogP contribution < -0.4 is 10.1 Å². The summed E-state index contributed by atoms with van der Waals surface area (Å²) in [5.41, 5.74) is 0.0509. The number of benzene rings is 2. The van der Waals surface area contributed by atoms with Gasteiger partial charge in [-0.15, -0.1) is 0 Å². The van der Waals surface area contributed by atoms with Crippen molar-refractivity contribution in [1.82, 2.24) is 0 Å². The number of hydrogen-bond donors (Lipinski definition) is 1. The zero-order valence-corrected chi connectivity index (χ0v) is 20.5. The second kappa shape index (κ2) is 8.33. The molecule has 174 valence electrons. The highest BCUT2D eigenvalue weighted by molar-refractivity contribution is 6.35. The summed E-state index contributed by atoms with van der Waals surface area (Å²) in [5, 5.41) is 8.15. The molecular formula is C25H26Cl2N2O4. The molecule has 0 aromatic heterocycles. The Morgan fingerprint density at radius 2 is 1.73 bits per heavy atom. The lowest BCUT2D eigenvalue weighted by Crippen LogP contribution is -2.43. The van der Waals surface area contributed by atoms with E-state index in [-0.39, 0.29) is 11.3 Å². The average molecular weight is 489 g/mol. The second-order valence-electron chi connectivity index (χ2n) is 9.44. The van der Waals surface area contributed by atoms with Crippen molar-refractivity contribution in [3.05, 3.63) is 58.1 Å². The van der Waals surface area contributed by atoms with Crippen LogP contribution in [-0.4, -0.2) is 24.7 Å². The Labute approximate surface area is 203 Å². The summed E-state index contributed by atoms with van der Waals surface area (Å²) in [6.45, 7) is 6.24. The van der Waals surface area contributed by atoms with Gasteiger partial charge in [0.05, 0.1) is 34.5 Å². The summed E-state index contributed by atoms with van der Waals surface area (Å²) in [6.07, 6.45) is 1.86. The standard InChI is InChI=1S/C25H26Cl2N2O4/c1-23(2)24(3)11-12-25(23,22(31)28-19-13-16(26)7-10-18(19)27)14-20(24)29-33-21(30)15-5-8-17(32-4)9-6-15/h5-10,13H,11-12,14H2,1-4H3,(H,28,31). The molecule has 0 radical (unpaired) electrons. The van der Waals surface area contributed by atoms with Crippen molar-refractivity contribution in [3.8, 4) is 5.75 Å². The van der Waals surface area contributed by atoms with E-state index >= 15 is 0 Å². The number of oxime groups is 1. The minimum absolute atomic E-state index is 0.132. The Bertz CT molecular complexity index is 1150.